The van der Waals surface area contributed by atoms with Crippen LogP contribution in [-0.4, -0.2) is 51.9 Å². The lowest BCUT2D eigenvalue weighted by atomic mass is 9.95. The zero-order valence-electron chi connectivity index (χ0n) is 16.0. The molecule has 0 aromatic carbocycles. The Hall–Kier alpha value is -2.50. The van der Waals surface area contributed by atoms with Crippen molar-refractivity contribution in [1.82, 2.24) is 19.9 Å². The maximum absolute atomic E-state index is 12.1. The van der Waals surface area contributed by atoms with Gasteiger partial charge >= 0.3 is 0 Å². The molecule has 0 spiro atoms. The highest BCUT2D eigenvalue weighted by Crippen LogP contribution is 2.26. The Kier molecular flexibility index (Phi) is 5.32. The third kappa shape index (κ3) is 4.26. The SMILES string of the molecule is Cc1cc(N2CCC(CN3CCCCC3=O)CC2)nc(-c2cccnc2)n1. The molecule has 6 heteroatoms. The molecule has 2 fully saturated rings. The summed E-state index contributed by atoms with van der Waals surface area (Å²) < 4.78 is 0. The van der Waals surface area contributed by atoms with Gasteiger partial charge in [-0.15, -0.1) is 0 Å². The molecular formula is C21H27N5O. The van der Waals surface area contributed by atoms with Gasteiger partial charge in [-0.05, 0) is 50.7 Å². The molecule has 0 aliphatic carbocycles. The average Bonchev–Trinajstić information content (AvgIpc) is 2.70. The second kappa shape index (κ2) is 8.03. The summed E-state index contributed by atoms with van der Waals surface area (Å²) in [6.07, 6.45) is 8.72. The van der Waals surface area contributed by atoms with E-state index >= 15 is 0 Å². The van der Waals surface area contributed by atoms with E-state index in [1.165, 1.54) is 0 Å². The van der Waals surface area contributed by atoms with Crippen molar-refractivity contribution >= 4 is 11.7 Å². The van der Waals surface area contributed by atoms with E-state index in [0.717, 1.165) is 81.2 Å². The van der Waals surface area contributed by atoms with Crippen LogP contribution >= 0.6 is 0 Å². The van der Waals surface area contributed by atoms with Crippen LogP contribution in [0.25, 0.3) is 11.4 Å². The molecule has 0 unspecified atom stereocenters. The summed E-state index contributed by atoms with van der Waals surface area (Å²) in [4.78, 5) is 30.0. The first kappa shape index (κ1) is 17.9. The van der Waals surface area contributed by atoms with Gasteiger partial charge in [0.25, 0.3) is 0 Å². The number of anilines is 1. The van der Waals surface area contributed by atoms with Gasteiger partial charge < -0.3 is 9.80 Å². The number of hydrogen-bond acceptors (Lipinski definition) is 5. The number of rotatable bonds is 4. The van der Waals surface area contributed by atoms with E-state index < -0.39 is 0 Å². The minimum absolute atomic E-state index is 0.344. The lowest BCUT2D eigenvalue weighted by Crippen LogP contribution is -2.43. The minimum atomic E-state index is 0.344. The number of hydrogen-bond donors (Lipinski definition) is 0. The number of carbonyl (C=O) groups excluding carboxylic acids is 1. The third-order valence-corrected chi connectivity index (χ3v) is 5.60. The van der Waals surface area contributed by atoms with Crippen molar-refractivity contribution < 1.29 is 4.79 Å². The minimum Gasteiger partial charge on any atom is -0.356 e. The second-order valence-corrected chi connectivity index (χ2v) is 7.66. The first-order valence-electron chi connectivity index (χ1n) is 9.98. The Morgan fingerprint density at radius 2 is 2.00 bits per heavy atom. The second-order valence-electron chi connectivity index (χ2n) is 7.66. The number of piperidine rings is 2. The third-order valence-electron chi connectivity index (χ3n) is 5.60. The van der Waals surface area contributed by atoms with Crippen LogP contribution < -0.4 is 4.90 Å². The molecule has 2 saturated heterocycles. The van der Waals surface area contributed by atoms with Gasteiger partial charge in [0.2, 0.25) is 5.91 Å². The van der Waals surface area contributed by atoms with Gasteiger partial charge in [0.15, 0.2) is 5.82 Å². The molecule has 2 aromatic heterocycles. The van der Waals surface area contributed by atoms with Crippen LogP contribution in [0.3, 0.4) is 0 Å². The fourth-order valence-corrected chi connectivity index (χ4v) is 4.05. The fourth-order valence-electron chi connectivity index (χ4n) is 4.05. The van der Waals surface area contributed by atoms with Gasteiger partial charge in [-0.2, -0.15) is 0 Å². The zero-order chi connectivity index (χ0) is 18.6. The molecule has 142 valence electrons. The van der Waals surface area contributed by atoms with Crippen molar-refractivity contribution in [1.29, 1.82) is 0 Å². The summed E-state index contributed by atoms with van der Waals surface area (Å²) in [6, 6.07) is 5.97. The number of pyridine rings is 1. The number of nitrogens with zero attached hydrogens (tertiary/aromatic N) is 5. The van der Waals surface area contributed by atoms with Crippen LogP contribution in [0.4, 0.5) is 5.82 Å². The predicted molar refractivity (Wildman–Crippen MR) is 105 cm³/mol. The average molecular weight is 365 g/mol. The molecule has 0 bridgehead atoms. The molecule has 2 aliphatic rings. The molecule has 4 heterocycles. The number of aryl methyl sites for hydroxylation is 1. The summed E-state index contributed by atoms with van der Waals surface area (Å²) in [5, 5.41) is 0. The molecule has 6 nitrogen and oxygen atoms in total. The molecule has 0 radical (unpaired) electrons. The molecule has 0 atom stereocenters. The van der Waals surface area contributed by atoms with Gasteiger partial charge in [0.05, 0.1) is 0 Å². The van der Waals surface area contributed by atoms with Crippen molar-refractivity contribution in [2.75, 3.05) is 31.1 Å². The van der Waals surface area contributed by atoms with E-state index in [2.05, 4.69) is 25.8 Å². The predicted octanol–water partition coefficient (Wildman–Crippen LogP) is 3.08. The van der Waals surface area contributed by atoms with Gasteiger partial charge in [0.1, 0.15) is 5.82 Å². The van der Waals surface area contributed by atoms with Crippen LogP contribution in [0.2, 0.25) is 0 Å². The van der Waals surface area contributed by atoms with Crippen LogP contribution in [0.1, 0.15) is 37.8 Å². The first-order valence-corrected chi connectivity index (χ1v) is 9.98. The summed E-state index contributed by atoms with van der Waals surface area (Å²) in [6.45, 7) is 5.85. The Balaban J connectivity index is 1.41. The van der Waals surface area contributed by atoms with Crippen molar-refractivity contribution in [3.05, 3.63) is 36.3 Å². The quantitative estimate of drug-likeness (QED) is 0.833. The molecule has 1 amide bonds. The Labute approximate surface area is 160 Å². The summed E-state index contributed by atoms with van der Waals surface area (Å²) in [7, 11) is 0. The van der Waals surface area contributed by atoms with Crippen LogP contribution in [0, 0.1) is 12.8 Å². The van der Waals surface area contributed by atoms with Crippen molar-refractivity contribution in [3.8, 4) is 11.4 Å². The van der Waals surface area contributed by atoms with Crippen LogP contribution in [0.15, 0.2) is 30.6 Å². The Morgan fingerprint density at radius 3 is 2.74 bits per heavy atom. The van der Waals surface area contributed by atoms with Crippen molar-refractivity contribution in [2.45, 2.75) is 39.0 Å². The normalized spacial score (nSPS) is 18.8. The van der Waals surface area contributed by atoms with Crippen molar-refractivity contribution in [3.63, 3.8) is 0 Å². The molecule has 4 rings (SSSR count). The highest BCUT2D eigenvalue weighted by Gasteiger charge is 2.26. The van der Waals surface area contributed by atoms with Gasteiger partial charge in [0, 0.05) is 62.3 Å². The largest absolute Gasteiger partial charge is 0.356 e. The Morgan fingerprint density at radius 1 is 1.15 bits per heavy atom. The number of carbonyl (C=O) groups is 1. The summed E-state index contributed by atoms with van der Waals surface area (Å²) in [5.74, 6) is 2.67. The standard InChI is InChI=1S/C21H27N5O/c1-16-13-19(24-21(23-16)18-5-4-9-22-14-18)25-11-7-17(8-12-25)15-26-10-3-2-6-20(26)27/h4-5,9,13-14,17H,2-3,6-8,10-12,15H2,1H3. The summed E-state index contributed by atoms with van der Waals surface area (Å²) >= 11 is 0. The zero-order valence-corrected chi connectivity index (χ0v) is 16.0. The molecule has 0 saturated carbocycles. The Bertz CT molecular complexity index is 786. The topological polar surface area (TPSA) is 62.2 Å². The number of aromatic nitrogens is 3. The fraction of sp³-hybridized carbons (Fsp3) is 0.524. The molecule has 0 N–H and O–H groups in total. The molecular weight excluding hydrogens is 338 g/mol. The highest BCUT2D eigenvalue weighted by atomic mass is 16.2. The smallest absolute Gasteiger partial charge is 0.222 e. The number of amides is 1. The highest BCUT2D eigenvalue weighted by molar-refractivity contribution is 5.76. The molecule has 27 heavy (non-hydrogen) atoms. The lowest BCUT2D eigenvalue weighted by molar-refractivity contribution is -0.134. The molecule has 2 aromatic rings. The van der Waals surface area contributed by atoms with Gasteiger partial charge in [-0.1, -0.05) is 0 Å². The van der Waals surface area contributed by atoms with Crippen LogP contribution in [0.5, 0.6) is 0 Å². The van der Waals surface area contributed by atoms with Crippen molar-refractivity contribution in [2.24, 2.45) is 5.92 Å². The van der Waals surface area contributed by atoms with E-state index in [4.69, 9.17) is 4.98 Å². The van der Waals surface area contributed by atoms with E-state index in [9.17, 15) is 4.79 Å². The maximum atomic E-state index is 12.1. The van der Waals surface area contributed by atoms with Gasteiger partial charge in [-0.25, -0.2) is 9.97 Å². The lowest BCUT2D eigenvalue weighted by Gasteiger charge is -2.36. The van der Waals surface area contributed by atoms with Crippen LogP contribution in [-0.2, 0) is 4.79 Å². The van der Waals surface area contributed by atoms with E-state index in [-0.39, 0.29) is 0 Å². The van der Waals surface area contributed by atoms with E-state index in [1.807, 2.05) is 19.1 Å². The van der Waals surface area contributed by atoms with Gasteiger partial charge in [-0.3, -0.25) is 9.78 Å². The first-order chi connectivity index (χ1) is 13.2. The van der Waals surface area contributed by atoms with E-state index in [1.54, 1.807) is 12.4 Å². The molecule has 2 aliphatic heterocycles. The number of likely N-dealkylation sites (tertiary alicyclic amines) is 1. The van der Waals surface area contributed by atoms with E-state index in [0.29, 0.717) is 11.8 Å². The monoisotopic (exact) mass is 365 g/mol. The summed E-state index contributed by atoms with van der Waals surface area (Å²) in [5.41, 5.74) is 1.92. The maximum Gasteiger partial charge on any atom is 0.222 e.